The van der Waals surface area contributed by atoms with Gasteiger partial charge in [0.25, 0.3) is 0 Å². The summed E-state index contributed by atoms with van der Waals surface area (Å²) in [5, 5.41) is 3.86. The predicted molar refractivity (Wildman–Crippen MR) is 126 cm³/mol. The van der Waals surface area contributed by atoms with Crippen LogP contribution in [0.5, 0.6) is 0 Å². The summed E-state index contributed by atoms with van der Waals surface area (Å²) in [6, 6.07) is 17.4. The van der Waals surface area contributed by atoms with Crippen molar-refractivity contribution in [1.82, 2.24) is 10.2 Å². The predicted octanol–water partition coefficient (Wildman–Crippen LogP) is 5.18. The summed E-state index contributed by atoms with van der Waals surface area (Å²) in [6.07, 6.45) is 7.25. The Labute approximate surface area is 191 Å². The van der Waals surface area contributed by atoms with Crippen LogP contribution in [-0.2, 0) is 22.4 Å². The first kappa shape index (κ1) is 23.3. The minimum Gasteiger partial charge on any atom is -0.352 e. The number of nitrogens with one attached hydrogen (secondary N) is 1. The molecule has 1 atom stereocenters. The molecule has 0 saturated heterocycles. The quantitative estimate of drug-likeness (QED) is 0.583. The smallest absolute Gasteiger partial charge is 0.242 e. The summed E-state index contributed by atoms with van der Waals surface area (Å²) >= 11 is 6.26. The van der Waals surface area contributed by atoms with Gasteiger partial charge in [0.05, 0.1) is 0 Å². The van der Waals surface area contributed by atoms with Crippen LogP contribution in [0, 0.1) is 0 Å². The molecule has 31 heavy (non-hydrogen) atoms. The van der Waals surface area contributed by atoms with E-state index in [1.165, 1.54) is 6.42 Å². The zero-order valence-electron chi connectivity index (χ0n) is 18.4. The van der Waals surface area contributed by atoms with Gasteiger partial charge in [-0.1, -0.05) is 79.4 Å². The average Bonchev–Trinajstić information content (AvgIpc) is 2.80. The number of nitrogens with zero attached hydrogens (tertiary/aromatic N) is 1. The highest BCUT2D eigenvalue weighted by molar-refractivity contribution is 6.31. The van der Waals surface area contributed by atoms with Gasteiger partial charge in [0.15, 0.2) is 0 Å². The SMILES string of the molecule is C[C@@H](C(=O)NC1CCCCC1)N(CCc1ccccc1)C(=O)CCc1ccccc1Cl. The van der Waals surface area contributed by atoms with Gasteiger partial charge in [-0.05, 0) is 49.8 Å². The third-order valence-corrected chi connectivity index (χ3v) is 6.54. The van der Waals surface area contributed by atoms with E-state index in [1.54, 1.807) is 4.90 Å². The summed E-state index contributed by atoms with van der Waals surface area (Å²) in [5.74, 6) is -0.0619. The molecule has 1 fully saturated rings. The van der Waals surface area contributed by atoms with E-state index in [-0.39, 0.29) is 17.9 Å². The molecule has 1 aliphatic carbocycles. The van der Waals surface area contributed by atoms with Gasteiger partial charge in [-0.15, -0.1) is 0 Å². The Morgan fingerprint density at radius 1 is 1.00 bits per heavy atom. The standard InChI is InChI=1S/C26H33ClN2O2/c1-20(26(31)28-23-13-6-3-7-14-23)29(19-18-21-10-4-2-5-11-21)25(30)17-16-22-12-8-9-15-24(22)27/h2,4-5,8-12,15,20,23H,3,6-7,13-14,16-19H2,1H3,(H,28,31)/t20-/m0/s1. The highest BCUT2D eigenvalue weighted by Gasteiger charge is 2.27. The van der Waals surface area contributed by atoms with Gasteiger partial charge < -0.3 is 10.2 Å². The molecule has 0 heterocycles. The van der Waals surface area contributed by atoms with Crippen LogP contribution in [0.3, 0.4) is 0 Å². The fraction of sp³-hybridized carbons (Fsp3) is 0.462. The third-order valence-electron chi connectivity index (χ3n) is 6.17. The van der Waals surface area contributed by atoms with Crippen LogP contribution in [0.1, 0.15) is 56.6 Å². The Balaban J connectivity index is 1.65. The van der Waals surface area contributed by atoms with Crippen molar-refractivity contribution in [3.05, 3.63) is 70.7 Å². The van der Waals surface area contributed by atoms with Gasteiger partial charge in [-0.2, -0.15) is 0 Å². The Hall–Kier alpha value is -2.33. The van der Waals surface area contributed by atoms with Crippen LogP contribution in [0.15, 0.2) is 54.6 Å². The number of carbonyl (C=O) groups excluding carboxylic acids is 2. The third kappa shape index (κ3) is 7.10. The van der Waals surface area contributed by atoms with Crippen molar-refractivity contribution >= 4 is 23.4 Å². The Kier molecular flexibility index (Phi) is 8.96. The van der Waals surface area contributed by atoms with Gasteiger partial charge in [-0.25, -0.2) is 0 Å². The summed E-state index contributed by atoms with van der Waals surface area (Å²) in [7, 11) is 0. The first-order chi connectivity index (χ1) is 15.0. The van der Waals surface area contributed by atoms with E-state index in [2.05, 4.69) is 17.4 Å². The molecule has 2 amide bonds. The minimum absolute atomic E-state index is 0.0119. The largest absolute Gasteiger partial charge is 0.352 e. The second-order valence-electron chi connectivity index (χ2n) is 8.43. The van der Waals surface area contributed by atoms with E-state index < -0.39 is 6.04 Å². The van der Waals surface area contributed by atoms with E-state index in [1.807, 2.05) is 49.4 Å². The van der Waals surface area contributed by atoms with E-state index in [9.17, 15) is 9.59 Å². The molecule has 0 aliphatic heterocycles. The van der Waals surface area contributed by atoms with Crippen LogP contribution < -0.4 is 5.32 Å². The number of amides is 2. The molecule has 0 radical (unpaired) electrons. The van der Waals surface area contributed by atoms with E-state index in [0.29, 0.717) is 24.4 Å². The molecule has 2 aromatic rings. The summed E-state index contributed by atoms with van der Waals surface area (Å²) < 4.78 is 0. The number of aryl methyl sites for hydroxylation is 1. The number of benzene rings is 2. The summed E-state index contributed by atoms with van der Waals surface area (Å²) in [4.78, 5) is 27.9. The highest BCUT2D eigenvalue weighted by atomic mass is 35.5. The first-order valence-electron chi connectivity index (χ1n) is 11.4. The summed E-state index contributed by atoms with van der Waals surface area (Å²) in [5.41, 5.74) is 2.12. The van der Waals surface area contributed by atoms with E-state index in [4.69, 9.17) is 11.6 Å². The summed E-state index contributed by atoms with van der Waals surface area (Å²) in [6.45, 7) is 2.36. The van der Waals surface area contributed by atoms with Crippen LogP contribution in [0.2, 0.25) is 5.02 Å². The normalized spacial score (nSPS) is 15.3. The molecule has 2 aromatic carbocycles. The lowest BCUT2D eigenvalue weighted by molar-refractivity contribution is -0.140. The van der Waals surface area contributed by atoms with Crippen LogP contribution in [0.25, 0.3) is 0 Å². The topological polar surface area (TPSA) is 49.4 Å². The van der Waals surface area contributed by atoms with Crippen molar-refractivity contribution in [3.8, 4) is 0 Å². The minimum atomic E-state index is -0.496. The van der Waals surface area contributed by atoms with Crippen molar-refractivity contribution in [3.63, 3.8) is 0 Å². The molecule has 1 saturated carbocycles. The van der Waals surface area contributed by atoms with Crippen molar-refractivity contribution < 1.29 is 9.59 Å². The maximum atomic E-state index is 13.2. The molecule has 166 valence electrons. The van der Waals surface area contributed by atoms with Crippen molar-refractivity contribution in [1.29, 1.82) is 0 Å². The lowest BCUT2D eigenvalue weighted by atomic mass is 9.95. The molecular weight excluding hydrogens is 408 g/mol. The zero-order valence-corrected chi connectivity index (χ0v) is 19.1. The Morgan fingerprint density at radius 3 is 2.39 bits per heavy atom. The highest BCUT2D eigenvalue weighted by Crippen LogP contribution is 2.19. The Morgan fingerprint density at radius 2 is 1.68 bits per heavy atom. The van der Waals surface area contributed by atoms with E-state index >= 15 is 0 Å². The molecule has 3 rings (SSSR count). The molecular formula is C26H33ClN2O2. The van der Waals surface area contributed by atoms with Crippen LogP contribution >= 0.6 is 11.6 Å². The fourth-order valence-electron chi connectivity index (χ4n) is 4.23. The number of carbonyl (C=O) groups is 2. The van der Waals surface area contributed by atoms with Crippen LogP contribution in [-0.4, -0.2) is 35.3 Å². The molecule has 0 spiro atoms. The molecule has 1 aliphatic rings. The number of hydrogen-bond donors (Lipinski definition) is 1. The van der Waals surface area contributed by atoms with Gasteiger partial charge >= 0.3 is 0 Å². The van der Waals surface area contributed by atoms with Crippen molar-refractivity contribution in [2.75, 3.05) is 6.54 Å². The molecule has 0 unspecified atom stereocenters. The van der Waals surface area contributed by atoms with E-state index in [0.717, 1.165) is 43.2 Å². The van der Waals surface area contributed by atoms with Crippen molar-refractivity contribution in [2.45, 2.75) is 70.4 Å². The molecule has 0 aromatic heterocycles. The van der Waals surface area contributed by atoms with Gasteiger partial charge in [0.2, 0.25) is 11.8 Å². The monoisotopic (exact) mass is 440 g/mol. The number of rotatable bonds is 9. The van der Waals surface area contributed by atoms with Crippen molar-refractivity contribution in [2.24, 2.45) is 0 Å². The van der Waals surface area contributed by atoms with Gasteiger partial charge in [0, 0.05) is 24.0 Å². The maximum Gasteiger partial charge on any atom is 0.242 e. The zero-order chi connectivity index (χ0) is 22.1. The fourth-order valence-corrected chi connectivity index (χ4v) is 4.46. The van der Waals surface area contributed by atoms with Gasteiger partial charge in [0.1, 0.15) is 6.04 Å². The molecule has 1 N–H and O–H groups in total. The lowest BCUT2D eigenvalue weighted by Crippen LogP contribution is -2.51. The van der Waals surface area contributed by atoms with Crippen LogP contribution in [0.4, 0.5) is 0 Å². The second-order valence-corrected chi connectivity index (χ2v) is 8.84. The second kappa shape index (κ2) is 11.9. The van der Waals surface area contributed by atoms with Gasteiger partial charge in [-0.3, -0.25) is 9.59 Å². The average molecular weight is 441 g/mol. The maximum absolute atomic E-state index is 13.2. The number of halogens is 1. The lowest BCUT2D eigenvalue weighted by Gasteiger charge is -2.31. The molecule has 5 heteroatoms. The molecule has 0 bridgehead atoms. The Bertz CT molecular complexity index is 849. The number of hydrogen-bond acceptors (Lipinski definition) is 2. The first-order valence-corrected chi connectivity index (χ1v) is 11.8. The molecule has 4 nitrogen and oxygen atoms in total.